The highest BCUT2D eigenvalue weighted by Crippen LogP contribution is 2.32. The number of carbonyl (C=O) groups excluding carboxylic acids is 1. The molecule has 1 atom stereocenters. The van der Waals surface area contributed by atoms with E-state index < -0.39 is 0 Å². The van der Waals surface area contributed by atoms with E-state index in [1.165, 1.54) is 25.7 Å². The summed E-state index contributed by atoms with van der Waals surface area (Å²) in [5, 5.41) is 2.94. The van der Waals surface area contributed by atoms with Crippen LogP contribution in [-0.4, -0.2) is 22.0 Å². The van der Waals surface area contributed by atoms with Gasteiger partial charge in [0.15, 0.2) is 0 Å². The van der Waals surface area contributed by atoms with Crippen LogP contribution in [0.2, 0.25) is 0 Å². The molecule has 1 aromatic heterocycles. The van der Waals surface area contributed by atoms with Crippen molar-refractivity contribution in [3.05, 3.63) is 23.8 Å². The number of piperidine rings is 1. The van der Waals surface area contributed by atoms with Gasteiger partial charge in [0.1, 0.15) is 0 Å². The predicted octanol–water partition coefficient (Wildman–Crippen LogP) is 3.17. The summed E-state index contributed by atoms with van der Waals surface area (Å²) in [6.07, 6.45) is 11.9. The molecule has 0 bridgehead atoms. The Kier molecular flexibility index (Phi) is 4.13. The van der Waals surface area contributed by atoms with Crippen LogP contribution >= 0.6 is 0 Å². The molecule has 1 aliphatic carbocycles. The Hall–Kier alpha value is -1.58. The Morgan fingerprint density at radius 1 is 1.24 bits per heavy atom. The second kappa shape index (κ2) is 6.04. The van der Waals surface area contributed by atoms with E-state index in [-0.39, 0.29) is 5.91 Å². The lowest BCUT2D eigenvalue weighted by atomic mass is 9.87. The van der Waals surface area contributed by atoms with Gasteiger partial charge in [-0.3, -0.25) is 4.79 Å². The summed E-state index contributed by atoms with van der Waals surface area (Å²) in [6, 6.07) is 0.583. The lowest BCUT2D eigenvalue weighted by Crippen LogP contribution is -2.35. The van der Waals surface area contributed by atoms with Crippen LogP contribution in [0.5, 0.6) is 0 Å². The van der Waals surface area contributed by atoms with Gasteiger partial charge in [0.05, 0.1) is 12.0 Å². The Bertz CT molecular complexity index is 538. The van der Waals surface area contributed by atoms with E-state index in [0.717, 1.165) is 30.2 Å². The maximum absolute atomic E-state index is 11.9. The summed E-state index contributed by atoms with van der Waals surface area (Å²) in [7, 11) is 0. The fraction of sp³-hybridized carbons (Fsp3) is 0.647. The highest BCUT2D eigenvalue weighted by Gasteiger charge is 2.21. The van der Waals surface area contributed by atoms with Gasteiger partial charge in [0.2, 0.25) is 5.91 Å². The van der Waals surface area contributed by atoms with Crippen molar-refractivity contribution in [3.63, 3.8) is 0 Å². The minimum Gasteiger partial charge on any atom is -0.352 e. The molecule has 4 heteroatoms. The molecule has 2 heterocycles. The minimum atomic E-state index is 0.0640. The largest absolute Gasteiger partial charge is 0.352 e. The third-order valence-electron chi connectivity index (χ3n) is 4.82. The van der Waals surface area contributed by atoms with Crippen LogP contribution in [-0.2, 0) is 4.79 Å². The van der Waals surface area contributed by atoms with Crippen molar-refractivity contribution in [2.24, 2.45) is 11.8 Å². The number of imidazole rings is 1. The van der Waals surface area contributed by atoms with Crippen molar-refractivity contribution in [2.75, 3.05) is 6.54 Å². The molecule has 3 rings (SSSR count). The van der Waals surface area contributed by atoms with Gasteiger partial charge in [0.25, 0.3) is 0 Å². The molecule has 114 valence electrons. The normalized spacial score (nSPS) is 32.2. The van der Waals surface area contributed by atoms with E-state index >= 15 is 0 Å². The third kappa shape index (κ3) is 3.36. The molecule has 0 unspecified atom stereocenters. The zero-order chi connectivity index (χ0) is 14.8. The van der Waals surface area contributed by atoms with Crippen LogP contribution in [0.25, 0.3) is 6.08 Å². The van der Waals surface area contributed by atoms with Crippen molar-refractivity contribution in [1.82, 2.24) is 14.9 Å². The van der Waals surface area contributed by atoms with Gasteiger partial charge in [-0.25, -0.2) is 4.98 Å². The number of carbonyl (C=O) groups is 1. The van der Waals surface area contributed by atoms with Gasteiger partial charge in [0, 0.05) is 24.4 Å². The molecule has 4 nitrogen and oxygen atoms in total. The second-order valence-corrected chi connectivity index (χ2v) is 6.85. The molecule has 0 aromatic carbocycles. The highest BCUT2D eigenvalue weighted by atomic mass is 16.1. The van der Waals surface area contributed by atoms with Crippen molar-refractivity contribution in [2.45, 2.75) is 52.0 Å². The molecule has 1 aliphatic heterocycles. The molecule has 21 heavy (non-hydrogen) atoms. The van der Waals surface area contributed by atoms with Gasteiger partial charge in [-0.05, 0) is 50.0 Å². The van der Waals surface area contributed by atoms with Crippen molar-refractivity contribution >= 4 is 12.0 Å². The van der Waals surface area contributed by atoms with Crippen molar-refractivity contribution in [1.29, 1.82) is 0 Å². The van der Waals surface area contributed by atoms with Gasteiger partial charge in [-0.1, -0.05) is 13.8 Å². The SMILES string of the molecule is CC1CCC(n2cnc(/C=C3\C[C@@H](C)CNC3=O)c2)CC1. The maximum atomic E-state index is 11.9. The molecule has 0 radical (unpaired) electrons. The zero-order valence-electron chi connectivity index (χ0n) is 13.0. The van der Waals surface area contributed by atoms with E-state index in [1.807, 2.05) is 12.4 Å². The molecule has 1 aromatic rings. The fourth-order valence-corrected chi connectivity index (χ4v) is 3.39. The van der Waals surface area contributed by atoms with Gasteiger partial charge < -0.3 is 9.88 Å². The molecule has 0 spiro atoms. The van der Waals surface area contributed by atoms with E-state index in [2.05, 4.69) is 34.9 Å². The second-order valence-electron chi connectivity index (χ2n) is 6.85. The standard InChI is InChI=1S/C17H25N3O/c1-12-3-5-16(6-4-12)20-10-15(19-11-20)8-14-7-13(2)9-18-17(14)21/h8,10-13,16H,3-7,9H2,1-2H3,(H,18,21)/b14-8+/t12?,13-,16?/m1/s1. The van der Waals surface area contributed by atoms with Crippen molar-refractivity contribution in [3.8, 4) is 0 Å². The summed E-state index contributed by atoms with van der Waals surface area (Å²) in [5.74, 6) is 1.43. The quantitative estimate of drug-likeness (QED) is 0.849. The van der Waals surface area contributed by atoms with E-state index in [4.69, 9.17) is 0 Å². The van der Waals surface area contributed by atoms with Gasteiger partial charge in [-0.2, -0.15) is 0 Å². The smallest absolute Gasteiger partial charge is 0.247 e. The third-order valence-corrected chi connectivity index (χ3v) is 4.82. The number of rotatable bonds is 2. The molecule has 2 aliphatic rings. The average molecular weight is 287 g/mol. The summed E-state index contributed by atoms with van der Waals surface area (Å²) < 4.78 is 2.24. The topological polar surface area (TPSA) is 46.9 Å². The number of hydrogen-bond acceptors (Lipinski definition) is 2. The maximum Gasteiger partial charge on any atom is 0.247 e. The number of hydrogen-bond donors (Lipinski definition) is 1. The van der Waals surface area contributed by atoms with Crippen LogP contribution in [0, 0.1) is 11.8 Å². The molecule has 1 amide bonds. The fourth-order valence-electron chi connectivity index (χ4n) is 3.39. The summed E-state index contributed by atoms with van der Waals surface area (Å²) >= 11 is 0. The first kappa shape index (κ1) is 14.4. The summed E-state index contributed by atoms with van der Waals surface area (Å²) in [4.78, 5) is 16.3. The predicted molar refractivity (Wildman–Crippen MR) is 83.7 cm³/mol. The number of aromatic nitrogens is 2. The average Bonchev–Trinajstić information content (AvgIpc) is 2.92. The first-order valence-electron chi connectivity index (χ1n) is 8.14. The monoisotopic (exact) mass is 287 g/mol. The van der Waals surface area contributed by atoms with E-state index in [0.29, 0.717) is 12.0 Å². The Morgan fingerprint density at radius 3 is 2.76 bits per heavy atom. The van der Waals surface area contributed by atoms with Crippen LogP contribution in [0.15, 0.2) is 18.1 Å². The number of nitrogens with one attached hydrogen (secondary N) is 1. The minimum absolute atomic E-state index is 0.0640. The lowest BCUT2D eigenvalue weighted by Gasteiger charge is -2.26. The lowest BCUT2D eigenvalue weighted by molar-refractivity contribution is -0.118. The molecular formula is C17H25N3O. The number of amides is 1. The molecule has 2 fully saturated rings. The Labute approximate surface area is 126 Å². The van der Waals surface area contributed by atoms with E-state index in [1.54, 1.807) is 0 Å². The molecule has 1 saturated carbocycles. The Balaban J connectivity index is 1.71. The summed E-state index contributed by atoms with van der Waals surface area (Å²) in [5.41, 5.74) is 1.77. The first-order chi connectivity index (χ1) is 10.1. The van der Waals surface area contributed by atoms with Gasteiger partial charge in [-0.15, -0.1) is 0 Å². The summed E-state index contributed by atoms with van der Waals surface area (Å²) in [6.45, 7) is 5.28. The first-order valence-corrected chi connectivity index (χ1v) is 8.14. The number of nitrogens with zero attached hydrogens (tertiary/aromatic N) is 2. The zero-order valence-corrected chi connectivity index (χ0v) is 13.0. The van der Waals surface area contributed by atoms with Crippen LogP contribution < -0.4 is 5.32 Å². The highest BCUT2D eigenvalue weighted by molar-refractivity contribution is 5.98. The molecule has 1 N–H and O–H groups in total. The van der Waals surface area contributed by atoms with Gasteiger partial charge >= 0.3 is 0 Å². The molecule has 1 saturated heterocycles. The van der Waals surface area contributed by atoms with Crippen LogP contribution in [0.1, 0.15) is 57.7 Å². The van der Waals surface area contributed by atoms with Crippen LogP contribution in [0.3, 0.4) is 0 Å². The Morgan fingerprint density at radius 2 is 2.00 bits per heavy atom. The van der Waals surface area contributed by atoms with Crippen molar-refractivity contribution < 1.29 is 4.79 Å². The van der Waals surface area contributed by atoms with E-state index in [9.17, 15) is 4.79 Å². The molecular weight excluding hydrogens is 262 g/mol. The van der Waals surface area contributed by atoms with Crippen LogP contribution in [0.4, 0.5) is 0 Å².